The molecule has 82 valence electrons. The number of anilines is 1. The van der Waals surface area contributed by atoms with Crippen LogP contribution in [0.25, 0.3) is 0 Å². The third-order valence-electron chi connectivity index (χ3n) is 2.46. The maximum absolute atomic E-state index is 5.27. The Morgan fingerprint density at radius 2 is 1.47 bits per heavy atom. The van der Waals surface area contributed by atoms with Gasteiger partial charge in [-0.05, 0) is 0 Å². The summed E-state index contributed by atoms with van der Waals surface area (Å²) in [5, 5.41) is 0. The first kappa shape index (κ1) is 9.96. The average Bonchev–Trinajstić information content (AvgIpc) is 3.10. The van der Waals surface area contributed by atoms with Gasteiger partial charge in [-0.25, -0.2) is 0 Å². The highest BCUT2D eigenvalue weighted by molar-refractivity contribution is 5.65. The maximum atomic E-state index is 5.27. The van der Waals surface area contributed by atoms with E-state index in [4.69, 9.17) is 14.2 Å². The summed E-state index contributed by atoms with van der Waals surface area (Å²) < 4.78 is 15.8. The van der Waals surface area contributed by atoms with Gasteiger partial charge in [-0.3, -0.25) is 0 Å². The molecular weight excluding hydrogens is 194 g/mol. The zero-order valence-electron chi connectivity index (χ0n) is 9.24. The minimum absolute atomic E-state index is 0.644. The lowest BCUT2D eigenvalue weighted by molar-refractivity contribution is 0.324. The number of ether oxygens (including phenoxy) is 3. The Labute approximate surface area is 89.4 Å². The summed E-state index contributed by atoms with van der Waals surface area (Å²) in [5.74, 6) is 2.06. The summed E-state index contributed by atoms with van der Waals surface area (Å²) in [7, 11) is 4.87. The lowest BCUT2D eigenvalue weighted by atomic mass is 10.2. The van der Waals surface area contributed by atoms with Gasteiger partial charge in [0.1, 0.15) is 0 Å². The second-order valence-corrected chi connectivity index (χ2v) is 3.37. The Kier molecular flexibility index (Phi) is 2.58. The molecule has 1 aliphatic heterocycles. The Balaban J connectivity index is 2.45. The first-order valence-corrected chi connectivity index (χ1v) is 4.85. The largest absolute Gasteiger partial charge is 0.493 e. The molecule has 1 aromatic rings. The summed E-state index contributed by atoms with van der Waals surface area (Å²) in [5.41, 5.74) is 1.12. The number of rotatable bonds is 4. The monoisotopic (exact) mass is 209 g/mol. The highest BCUT2D eigenvalue weighted by atomic mass is 16.5. The third kappa shape index (κ3) is 1.79. The van der Waals surface area contributed by atoms with Crippen LogP contribution in [0, 0.1) is 0 Å². The van der Waals surface area contributed by atoms with Crippen LogP contribution in [0.1, 0.15) is 0 Å². The van der Waals surface area contributed by atoms with Crippen molar-refractivity contribution in [1.29, 1.82) is 0 Å². The molecule has 2 rings (SSSR count). The molecule has 1 aromatic carbocycles. The molecule has 0 spiro atoms. The Morgan fingerprint density at radius 3 is 1.80 bits per heavy atom. The van der Waals surface area contributed by atoms with Crippen molar-refractivity contribution in [1.82, 2.24) is 0 Å². The molecule has 0 radical (unpaired) electrons. The molecule has 0 unspecified atom stereocenters. The van der Waals surface area contributed by atoms with Gasteiger partial charge >= 0.3 is 0 Å². The number of hydrogen-bond acceptors (Lipinski definition) is 4. The van der Waals surface area contributed by atoms with E-state index in [1.807, 2.05) is 12.1 Å². The van der Waals surface area contributed by atoms with Crippen molar-refractivity contribution in [3.05, 3.63) is 12.1 Å². The fourth-order valence-corrected chi connectivity index (χ4v) is 1.56. The van der Waals surface area contributed by atoms with Crippen LogP contribution in [0.4, 0.5) is 5.69 Å². The fraction of sp³-hybridized carbons (Fsp3) is 0.455. The second-order valence-electron chi connectivity index (χ2n) is 3.37. The molecule has 0 aliphatic carbocycles. The molecule has 15 heavy (non-hydrogen) atoms. The standard InChI is InChI=1S/C11H15NO3/c1-13-9-6-8(12-4-5-12)7-10(14-2)11(9)15-3/h6-7H,4-5H2,1-3H3. The van der Waals surface area contributed by atoms with Gasteiger partial charge in [-0.2, -0.15) is 0 Å². The quantitative estimate of drug-likeness (QED) is 0.704. The number of benzene rings is 1. The lowest BCUT2D eigenvalue weighted by Crippen LogP contribution is -1.98. The van der Waals surface area contributed by atoms with Gasteiger partial charge in [0.15, 0.2) is 11.5 Å². The molecule has 1 aliphatic rings. The topological polar surface area (TPSA) is 30.7 Å². The molecule has 4 nitrogen and oxygen atoms in total. The van der Waals surface area contributed by atoms with Crippen molar-refractivity contribution >= 4 is 5.69 Å². The number of hydrogen-bond donors (Lipinski definition) is 0. The van der Waals surface area contributed by atoms with Crippen molar-refractivity contribution in [2.24, 2.45) is 0 Å². The minimum Gasteiger partial charge on any atom is -0.493 e. The van der Waals surface area contributed by atoms with Gasteiger partial charge < -0.3 is 19.1 Å². The first-order valence-electron chi connectivity index (χ1n) is 4.85. The van der Waals surface area contributed by atoms with E-state index in [0.29, 0.717) is 17.2 Å². The molecule has 0 N–H and O–H groups in total. The van der Waals surface area contributed by atoms with Crippen LogP contribution in [-0.2, 0) is 0 Å². The van der Waals surface area contributed by atoms with E-state index >= 15 is 0 Å². The van der Waals surface area contributed by atoms with Gasteiger partial charge in [0.2, 0.25) is 5.75 Å². The van der Waals surface area contributed by atoms with Crippen molar-refractivity contribution in [3.63, 3.8) is 0 Å². The van der Waals surface area contributed by atoms with Crippen molar-refractivity contribution < 1.29 is 14.2 Å². The van der Waals surface area contributed by atoms with E-state index < -0.39 is 0 Å². The number of nitrogens with zero attached hydrogens (tertiary/aromatic N) is 1. The zero-order valence-corrected chi connectivity index (χ0v) is 9.24. The van der Waals surface area contributed by atoms with Crippen LogP contribution in [0.15, 0.2) is 12.1 Å². The van der Waals surface area contributed by atoms with Crippen molar-refractivity contribution in [2.75, 3.05) is 39.3 Å². The van der Waals surface area contributed by atoms with Gasteiger partial charge in [0.05, 0.1) is 21.3 Å². The van der Waals surface area contributed by atoms with E-state index in [-0.39, 0.29) is 0 Å². The fourth-order valence-electron chi connectivity index (χ4n) is 1.56. The smallest absolute Gasteiger partial charge is 0.203 e. The zero-order chi connectivity index (χ0) is 10.8. The van der Waals surface area contributed by atoms with Crippen LogP contribution >= 0.6 is 0 Å². The van der Waals surface area contributed by atoms with E-state index in [1.165, 1.54) is 0 Å². The SMILES string of the molecule is COc1cc(N2CC2)cc(OC)c1OC. The van der Waals surface area contributed by atoms with Crippen LogP contribution < -0.4 is 19.1 Å². The van der Waals surface area contributed by atoms with Crippen LogP contribution in [0.3, 0.4) is 0 Å². The average molecular weight is 209 g/mol. The summed E-state index contributed by atoms with van der Waals surface area (Å²) in [6, 6.07) is 3.93. The normalized spacial score (nSPS) is 13.7. The first-order chi connectivity index (χ1) is 7.30. The molecule has 0 amide bonds. The summed E-state index contributed by atoms with van der Waals surface area (Å²) in [4.78, 5) is 2.23. The van der Waals surface area contributed by atoms with Gasteiger partial charge in [0, 0.05) is 30.9 Å². The van der Waals surface area contributed by atoms with Crippen LogP contribution in [0.2, 0.25) is 0 Å². The molecule has 1 heterocycles. The molecule has 0 aromatic heterocycles. The van der Waals surface area contributed by atoms with E-state index in [0.717, 1.165) is 18.8 Å². The highest BCUT2D eigenvalue weighted by Crippen LogP contribution is 2.41. The predicted octanol–water partition coefficient (Wildman–Crippen LogP) is 1.53. The highest BCUT2D eigenvalue weighted by Gasteiger charge is 2.22. The second kappa shape index (κ2) is 3.88. The molecule has 0 atom stereocenters. The van der Waals surface area contributed by atoms with Crippen molar-refractivity contribution in [2.45, 2.75) is 0 Å². The van der Waals surface area contributed by atoms with E-state index in [2.05, 4.69) is 4.90 Å². The van der Waals surface area contributed by atoms with Crippen LogP contribution in [0.5, 0.6) is 17.2 Å². The molecule has 0 saturated carbocycles. The Morgan fingerprint density at radius 1 is 0.933 bits per heavy atom. The molecular formula is C11H15NO3. The molecule has 4 heteroatoms. The molecule has 1 fully saturated rings. The van der Waals surface area contributed by atoms with Crippen molar-refractivity contribution in [3.8, 4) is 17.2 Å². The van der Waals surface area contributed by atoms with Gasteiger partial charge in [-0.1, -0.05) is 0 Å². The van der Waals surface area contributed by atoms with Gasteiger partial charge in [-0.15, -0.1) is 0 Å². The lowest BCUT2D eigenvalue weighted by Gasteiger charge is -2.14. The Hall–Kier alpha value is -1.58. The predicted molar refractivity (Wildman–Crippen MR) is 58.3 cm³/mol. The number of methoxy groups -OCH3 is 3. The maximum Gasteiger partial charge on any atom is 0.203 e. The van der Waals surface area contributed by atoms with E-state index in [1.54, 1.807) is 21.3 Å². The minimum atomic E-state index is 0.644. The van der Waals surface area contributed by atoms with E-state index in [9.17, 15) is 0 Å². The van der Waals surface area contributed by atoms with Gasteiger partial charge in [0.25, 0.3) is 0 Å². The Bertz CT molecular complexity index is 336. The summed E-state index contributed by atoms with van der Waals surface area (Å²) >= 11 is 0. The molecule has 0 bridgehead atoms. The van der Waals surface area contributed by atoms with Crippen LogP contribution in [-0.4, -0.2) is 34.4 Å². The third-order valence-corrected chi connectivity index (χ3v) is 2.46. The summed E-state index contributed by atoms with van der Waals surface area (Å²) in [6.07, 6.45) is 0. The molecule has 1 saturated heterocycles. The summed E-state index contributed by atoms with van der Waals surface area (Å²) in [6.45, 7) is 2.19.